The van der Waals surface area contributed by atoms with Crippen molar-refractivity contribution < 1.29 is 14.3 Å². The Morgan fingerprint density at radius 2 is 1.88 bits per heavy atom. The van der Waals surface area contributed by atoms with E-state index in [9.17, 15) is 9.90 Å². The molecule has 4 nitrogen and oxygen atoms in total. The van der Waals surface area contributed by atoms with E-state index in [0.29, 0.717) is 0 Å². The smallest absolute Gasteiger partial charge is 0.228 e. The number of furan rings is 1. The van der Waals surface area contributed by atoms with E-state index in [1.54, 1.807) is 12.3 Å². The highest BCUT2D eigenvalue weighted by atomic mass is 16.3. The Labute approximate surface area is 141 Å². The Balaban J connectivity index is 1.82. The molecule has 0 saturated heterocycles. The number of aliphatic hydroxyl groups excluding tert-OH is 1. The maximum Gasteiger partial charge on any atom is 0.228 e. The molecule has 0 radical (unpaired) electrons. The second-order valence-electron chi connectivity index (χ2n) is 6.18. The van der Waals surface area contributed by atoms with Crippen LogP contribution in [-0.4, -0.2) is 11.0 Å². The van der Waals surface area contributed by atoms with E-state index in [1.165, 1.54) is 5.56 Å². The number of hydrogen-bond donors (Lipinski definition) is 2. The lowest BCUT2D eigenvalue weighted by molar-refractivity contribution is -0.115. The third-order valence-corrected chi connectivity index (χ3v) is 4.45. The largest absolute Gasteiger partial charge is 0.464 e. The Bertz CT molecular complexity index is 909. The molecule has 1 heterocycles. The van der Waals surface area contributed by atoms with Gasteiger partial charge in [-0.2, -0.15) is 0 Å². The maximum atomic E-state index is 12.4. The zero-order valence-electron chi connectivity index (χ0n) is 14.1. The van der Waals surface area contributed by atoms with Gasteiger partial charge in [0.05, 0.1) is 19.3 Å². The van der Waals surface area contributed by atoms with Gasteiger partial charge in [-0.3, -0.25) is 4.79 Å². The van der Waals surface area contributed by atoms with Crippen molar-refractivity contribution in [2.24, 2.45) is 0 Å². The number of anilines is 1. The van der Waals surface area contributed by atoms with Crippen LogP contribution in [0.1, 0.15) is 27.8 Å². The summed E-state index contributed by atoms with van der Waals surface area (Å²) in [6, 6.07) is 9.58. The number of rotatable bonds is 4. The molecule has 0 atom stereocenters. The Hall–Kier alpha value is -2.59. The summed E-state index contributed by atoms with van der Waals surface area (Å²) in [5.74, 6) is -0.103. The van der Waals surface area contributed by atoms with Crippen LogP contribution in [-0.2, 0) is 17.8 Å². The first-order valence-corrected chi connectivity index (χ1v) is 7.96. The highest BCUT2D eigenvalue weighted by Gasteiger charge is 2.13. The van der Waals surface area contributed by atoms with Crippen molar-refractivity contribution in [3.63, 3.8) is 0 Å². The van der Waals surface area contributed by atoms with Gasteiger partial charge in [0.1, 0.15) is 5.58 Å². The molecule has 0 fully saturated rings. The van der Waals surface area contributed by atoms with Crippen molar-refractivity contribution in [2.75, 3.05) is 5.32 Å². The minimum Gasteiger partial charge on any atom is -0.464 e. The van der Waals surface area contributed by atoms with E-state index in [0.717, 1.165) is 38.9 Å². The highest BCUT2D eigenvalue weighted by molar-refractivity contribution is 5.96. The predicted octanol–water partition coefficient (Wildman–Crippen LogP) is 4.03. The molecule has 2 aromatic carbocycles. The quantitative estimate of drug-likeness (QED) is 0.762. The lowest BCUT2D eigenvalue weighted by Gasteiger charge is -2.09. The number of carbonyl (C=O) groups excluding carboxylic acids is 1. The number of aliphatic hydroxyl groups is 1. The Morgan fingerprint density at radius 1 is 1.12 bits per heavy atom. The molecular weight excluding hydrogens is 302 g/mol. The summed E-state index contributed by atoms with van der Waals surface area (Å²) in [5, 5.41) is 13.1. The summed E-state index contributed by atoms with van der Waals surface area (Å²) in [6.07, 6.45) is 1.91. The van der Waals surface area contributed by atoms with Crippen molar-refractivity contribution in [3.8, 4) is 0 Å². The normalized spacial score (nSPS) is 11.0. The van der Waals surface area contributed by atoms with E-state index in [4.69, 9.17) is 4.42 Å². The third kappa shape index (κ3) is 3.05. The number of carbonyl (C=O) groups is 1. The number of aryl methyl sites for hydroxylation is 3. The molecule has 2 N–H and O–H groups in total. The van der Waals surface area contributed by atoms with Gasteiger partial charge in [-0.1, -0.05) is 24.3 Å². The van der Waals surface area contributed by atoms with Crippen LogP contribution in [0, 0.1) is 20.8 Å². The molecule has 0 aliphatic carbocycles. The van der Waals surface area contributed by atoms with Gasteiger partial charge in [0, 0.05) is 16.6 Å². The molecule has 1 amide bonds. The average molecular weight is 323 g/mol. The van der Waals surface area contributed by atoms with Gasteiger partial charge in [-0.05, 0) is 49.1 Å². The first kappa shape index (κ1) is 16.3. The molecule has 3 aromatic rings. The lowest BCUT2D eigenvalue weighted by Crippen LogP contribution is -2.15. The summed E-state index contributed by atoms with van der Waals surface area (Å²) >= 11 is 0. The van der Waals surface area contributed by atoms with E-state index >= 15 is 0 Å². The Kier molecular flexibility index (Phi) is 4.40. The SMILES string of the molecule is Cc1ccc(CO)cc1NC(=O)Cc1coc2c(C)c(C)ccc12. The highest BCUT2D eigenvalue weighted by Crippen LogP contribution is 2.27. The molecule has 1 aromatic heterocycles. The maximum absolute atomic E-state index is 12.4. The second kappa shape index (κ2) is 6.49. The van der Waals surface area contributed by atoms with Gasteiger partial charge in [-0.15, -0.1) is 0 Å². The van der Waals surface area contributed by atoms with E-state index < -0.39 is 0 Å². The summed E-state index contributed by atoms with van der Waals surface area (Å²) in [5.41, 5.74) is 6.46. The zero-order chi connectivity index (χ0) is 17.3. The molecular formula is C20H21NO3. The summed E-state index contributed by atoms with van der Waals surface area (Å²) in [4.78, 5) is 12.4. The first-order valence-electron chi connectivity index (χ1n) is 7.96. The van der Waals surface area contributed by atoms with Gasteiger partial charge in [0.15, 0.2) is 0 Å². The standard InChI is InChI=1S/C20H21NO3/c1-12-5-7-17-16(11-24-20(17)14(12)3)9-19(23)21-18-8-15(10-22)6-4-13(18)2/h4-8,11,22H,9-10H2,1-3H3,(H,21,23). The van der Waals surface area contributed by atoms with Gasteiger partial charge in [0.25, 0.3) is 0 Å². The predicted molar refractivity (Wildman–Crippen MR) is 95.1 cm³/mol. The molecule has 0 unspecified atom stereocenters. The van der Waals surface area contributed by atoms with Crippen molar-refractivity contribution in [3.05, 3.63) is 64.4 Å². The number of benzene rings is 2. The fraction of sp³-hybridized carbons (Fsp3) is 0.250. The fourth-order valence-electron chi connectivity index (χ4n) is 2.79. The summed E-state index contributed by atoms with van der Waals surface area (Å²) in [7, 11) is 0. The number of hydrogen-bond acceptors (Lipinski definition) is 3. The van der Waals surface area contributed by atoms with Crippen LogP contribution in [0.15, 0.2) is 41.0 Å². The van der Waals surface area contributed by atoms with Gasteiger partial charge >= 0.3 is 0 Å². The number of nitrogens with one attached hydrogen (secondary N) is 1. The fourth-order valence-corrected chi connectivity index (χ4v) is 2.79. The van der Waals surface area contributed by atoms with Crippen molar-refractivity contribution >= 4 is 22.6 Å². The summed E-state index contributed by atoms with van der Waals surface area (Å²) in [6.45, 7) is 5.94. The van der Waals surface area contributed by atoms with Crippen molar-refractivity contribution in [1.82, 2.24) is 0 Å². The first-order chi connectivity index (χ1) is 11.5. The van der Waals surface area contributed by atoms with Crippen molar-refractivity contribution in [1.29, 1.82) is 0 Å². The summed E-state index contributed by atoms with van der Waals surface area (Å²) < 4.78 is 5.66. The molecule has 0 bridgehead atoms. The molecule has 0 aliphatic heterocycles. The average Bonchev–Trinajstić information content (AvgIpc) is 2.96. The van der Waals surface area contributed by atoms with E-state index in [1.807, 2.05) is 45.0 Å². The number of amides is 1. The van der Waals surface area contributed by atoms with Gasteiger partial charge in [0.2, 0.25) is 5.91 Å². The van der Waals surface area contributed by atoms with Crippen LogP contribution in [0.5, 0.6) is 0 Å². The monoisotopic (exact) mass is 323 g/mol. The zero-order valence-corrected chi connectivity index (χ0v) is 14.1. The third-order valence-electron chi connectivity index (χ3n) is 4.45. The number of fused-ring (bicyclic) bond motifs is 1. The van der Waals surface area contributed by atoms with Crippen LogP contribution in [0.4, 0.5) is 5.69 Å². The molecule has 3 rings (SSSR count). The van der Waals surface area contributed by atoms with Crippen molar-refractivity contribution in [2.45, 2.75) is 33.8 Å². The minimum atomic E-state index is -0.103. The van der Waals surface area contributed by atoms with Gasteiger partial charge in [-0.25, -0.2) is 0 Å². The lowest BCUT2D eigenvalue weighted by atomic mass is 10.0. The van der Waals surface area contributed by atoms with E-state index in [2.05, 4.69) is 5.32 Å². The van der Waals surface area contributed by atoms with Crippen LogP contribution in [0.3, 0.4) is 0 Å². The molecule has 124 valence electrons. The molecule has 0 saturated carbocycles. The van der Waals surface area contributed by atoms with Crippen LogP contribution in [0.25, 0.3) is 11.0 Å². The van der Waals surface area contributed by atoms with Crippen LogP contribution < -0.4 is 5.32 Å². The van der Waals surface area contributed by atoms with E-state index in [-0.39, 0.29) is 18.9 Å². The molecule has 0 spiro atoms. The molecule has 24 heavy (non-hydrogen) atoms. The van der Waals surface area contributed by atoms with Gasteiger partial charge < -0.3 is 14.8 Å². The van der Waals surface area contributed by atoms with Crippen LogP contribution in [0.2, 0.25) is 0 Å². The molecule has 4 heteroatoms. The van der Waals surface area contributed by atoms with Crippen LogP contribution >= 0.6 is 0 Å². The Morgan fingerprint density at radius 3 is 2.62 bits per heavy atom. The topological polar surface area (TPSA) is 62.5 Å². The molecule has 0 aliphatic rings. The second-order valence-corrected chi connectivity index (χ2v) is 6.18. The minimum absolute atomic E-state index is 0.0475.